The van der Waals surface area contributed by atoms with Gasteiger partial charge in [0, 0.05) is 11.8 Å². The molecule has 2 amide bonds. The highest BCUT2D eigenvalue weighted by Crippen LogP contribution is 2.35. The number of sulfone groups is 1. The molecule has 0 saturated carbocycles. The summed E-state index contributed by atoms with van der Waals surface area (Å²) in [6, 6.07) is 11.0. The van der Waals surface area contributed by atoms with E-state index in [-0.39, 0.29) is 22.1 Å². The summed E-state index contributed by atoms with van der Waals surface area (Å²) in [7, 11) is -3.43. The van der Waals surface area contributed by atoms with E-state index in [1.165, 1.54) is 17.0 Å². The van der Waals surface area contributed by atoms with Gasteiger partial charge in [0.1, 0.15) is 6.04 Å². The smallest absolute Gasteiger partial charge is 0.259 e. The van der Waals surface area contributed by atoms with Crippen molar-refractivity contribution in [3.05, 3.63) is 53.6 Å². The van der Waals surface area contributed by atoms with Gasteiger partial charge in [0.25, 0.3) is 5.91 Å². The summed E-state index contributed by atoms with van der Waals surface area (Å²) >= 11 is 0. The number of hydrogen-bond acceptors (Lipinski definition) is 4. The molecule has 0 radical (unpaired) electrons. The zero-order valence-corrected chi connectivity index (χ0v) is 17.4. The highest BCUT2D eigenvalue weighted by molar-refractivity contribution is 7.90. The minimum absolute atomic E-state index is 0.0332. The topological polar surface area (TPSA) is 83.6 Å². The molecule has 1 aliphatic heterocycles. The Morgan fingerprint density at radius 3 is 2.21 bits per heavy atom. The molecule has 2 aromatic rings. The minimum atomic E-state index is -3.43. The lowest BCUT2D eigenvalue weighted by Crippen LogP contribution is -2.49. The molecule has 1 unspecified atom stereocenters. The number of carbonyl (C=O) groups is 2. The van der Waals surface area contributed by atoms with Crippen LogP contribution in [0.25, 0.3) is 0 Å². The number of nitrogens with one attached hydrogen (secondary N) is 1. The molecule has 0 bridgehead atoms. The third kappa shape index (κ3) is 3.67. The van der Waals surface area contributed by atoms with E-state index in [0.717, 1.165) is 11.8 Å². The Labute approximate surface area is 165 Å². The first-order valence-electron chi connectivity index (χ1n) is 8.98. The highest BCUT2D eigenvalue weighted by atomic mass is 32.2. The Balaban J connectivity index is 2.04. The first kappa shape index (κ1) is 20.1. The van der Waals surface area contributed by atoms with Gasteiger partial charge in [0.05, 0.1) is 16.3 Å². The summed E-state index contributed by atoms with van der Waals surface area (Å²) < 4.78 is 23.6. The summed E-state index contributed by atoms with van der Waals surface area (Å²) in [5, 5.41) is 2.69. The fourth-order valence-electron chi connectivity index (χ4n) is 3.16. The van der Waals surface area contributed by atoms with Crippen molar-refractivity contribution in [2.75, 3.05) is 16.5 Å². The van der Waals surface area contributed by atoms with E-state index in [0.29, 0.717) is 16.9 Å². The Morgan fingerprint density at radius 1 is 1.07 bits per heavy atom. The summed E-state index contributed by atoms with van der Waals surface area (Å²) in [4.78, 5) is 27.1. The van der Waals surface area contributed by atoms with E-state index < -0.39 is 15.9 Å². The van der Waals surface area contributed by atoms with Crippen LogP contribution in [-0.2, 0) is 20.0 Å². The molecule has 28 heavy (non-hydrogen) atoms. The van der Waals surface area contributed by atoms with Crippen molar-refractivity contribution in [3.63, 3.8) is 0 Å². The third-order valence-corrected chi connectivity index (χ3v) is 6.01. The summed E-state index contributed by atoms with van der Waals surface area (Å²) in [6.45, 7) is 7.92. The predicted molar refractivity (Wildman–Crippen MR) is 110 cm³/mol. The van der Waals surface area contributed by atoms with Gasteiger partial charge in [-0.25, -0.2) is 8.42 Å². The van der Waals surface area contributed by atoms with Crippen LogP contribution in [0.1, 0.15) is 43.6 Å². The number of carbonyl (C=O) groups excluding carboxylic acids is 2. The summed E-state index contributed by atoms with van der Waals surface area (Å²) in [5.41, 5.74) is 2.32. The summed E-state index contributed by atoms with van der Waals surface area (Å²) in [5.74, 6) is -0.672. The molecule has 1 N–H and O–H groups in total. The van der Waals surface area contributed by atoms with Gasteiger partial charge in [-0.3, -0.25) is 14.5 Å². The SMILES string of the molecule is CC1C(=O)Nc2cc(S(C)(=O)=O)ccc2N1C(=O)c1ccc(C(C)(C)C)cc1. The molecule has 0 saturated heterocycles. The van der Waals surface area contributed by atoms with E-state index in [9.17, 15) is 18.0 Å². The number of amides is 2. The lowest BCUT2D eigenvalue weighted by molar-refractivity contribution is -0.117. The van der Waals surface area contributed by atoms with Crippen LogP contribution in [0.4, 0.5) is 11.4 Å². The van der Waals surface area contributed by atoms with E-state index in [4.69, 9.17) is 0 Å². The number of nitrogens with zero attached hydrogens (tertiary/aromatic N) is 1. The van der Waals surface area contributed by atoms with Crippen molar-refractivity contribution in [1.82, 2.24) is 0 Å². The second-order valence-electron chi connectivity index (χ2n) is 8.12. The van der Waals surface area contributed by atoms with Crippen LogP contribution < -0.4 is 10.2 Å². The maximum atomic E-state index is 13.2. The predicted octanol–water partition coefficient (Wildman–Crippen LogP) is 3.38. The number of rotatable bonds is 2. The van der Waals surface area contributed by atoms with Gasteiger partial charge in [-0.15, -0.1) is 0 Å². The fourth-order valence-corrected chi connectivity index (χ4v) is 3.80. The standard InChI is InChI=1S/C21H24N2O4S/c1-13-19(24)22-17-12-16(28(5,26)27)10-11-18(17)23(13)20(25)14-6-8-15(9-7-14)21(2,3)4/h6-13H,1-5H3,(H,22,24). The zero-order chi connectivity index (χ0) is 20.9. The number of hydrogen-bond donors (Lipinski definition) is 1. The van der Waals surface area contributed by atoms with E-state index >= 15 is 0 Å². The molecule has 0 aliphatic carbocycles. The van der Waals surface area contributed by atoms with Crippen molar-refractivity contribution in [2.45, 2.75) is 44.0 Å². The zero-order valence-electron chi connectivity index (χ0n) is 16.6. The molecule has 6 nitrogen and oxygen atoms in total. The highest BCUT2D eigenvalue weighted by Gasteiger charge is 2.35. The maximum Gasteiger partial charge on any atom is 0.259 e. The van der Waals surface area contributed by atoms with Gasteiger partial charge in [-0.2, -0.15) is 0 Å². The lowest BCUT2D eigenvalue weighted by Gasteiger charge is -2.35. The molecule has 0 spiro atoms. The fraction of sp³-hybridized carbons (Fsp3) is 0.333. The van der Waals surface area contributed by atoms with Crippen molar-refractivity contribution in [1.29, 1.82) is 0 Å². The van der Waals surface area contributed by atoms with E-state index in [2.05, 4.69) is 26.1 Å². The van der Waals surface area contributed by atoms with Crippen LogP contribution in [-0.4, -0.2) is 32.5 Å². The minimum Gasteiger partial charge on any atom is -0.322 e. The van der Waals surface area contributed by atoms with Crippen molar-refractivity contribution < 1.29 is 18.0 Å². The van der Waals surface area contributed by atoms with Gasteiger partial charge in [-0.05, 0) is 48.2 Å². The van der Waals surface area contributed by atoms with E-state index in [1.54, 1.807) is 25.1 Å². The quantitative estimate of drug-likeness (QED) is 0.838. The first-order chi connectivity index (χ1) is 12.9. The summed E-state index contributed by atoms with van der Waals surface area (Å²) in [6.07, 6.45) is 1.10. The molecule has 0 aromatic heterocycles. The molecular weight excluding hydrogens is 376 g/mol. The molecule has 1 atom stereocenters. The molecule has 1 heterocycles. The lowest BCUT2D eigenvalue weighted by atomic mass is 9.86. The Morgan fingerprint density at radius 2 is 1.68 bits per heavy atom. The molecule has 148 valence electrons. The third-order valence-electron chi connectivity index (χ3n) is 4.90. The van der Waals surface area contributed by atoms with Crippen molar-refractivity contribution in [3.8, 4) is 0 Å². The van der Waals surface area contributed by atoms with Crippen molar-refractivity contribution in [2.24, 2.45) is 0 Å². The Hall–Kier alpha value is -2.67. The van der Waals surface area contributed by atoms with Crippen LogP contribution in [0.5, 0.6) is 0 Å². The molecule has 2 aromatic carbocycles. The monoisotopic (exact) mass is 400 g/mol. The maximum absolute atomic E-state index is 13.2. The average Bonchev–Trinajstić information content (AvgIpc) is 2.60. The molecule has 1 aliphatic rings. The van der Waals surface area contributed by atoms with Crippen molar-refractivity contribution >= 4 is 33.0 Å². The second kappa shape index (κ2) is 6.74. The Bertz CT molecular complexity index is 1050. The van der Waals surface area contributed by atoms with Gasteiger partial charge in [-0.1, -0.05) is 32.9 Å². The van der Waals surface area contributed by atoms with Crippen LogP contribution in [0.2, 0.25) is 0 Å². The number of anilines is 2. The molecule has 7 heteroatoms. The largest absolute Gasteiger partial charge is 0.322 e. The van der Waals surface area contributed by atoms with Crippen LogP contribution in [0.15, 0.2) is 47.4 Å². The molecular formula is C21H24N2O4S. The molecule has 3 rings (SSSR count). The van der Waals surface area contributed by atoms with Gasteiger partial charge in [0.2, 0.25) is 5.91 Å². The van der Waals surface area contributed by atoms with Gasteiger partial charge in [0.15, 0.2) is 9.84 Å². The second-order valence-corrected chi connectivity index (χ2v) is 10.1. The molecule has 0 fully saturated rings. The normalized spacial score (nSPS) is 17.1. The first-order valence-corrected chi connectivity index (χ1v) is 10.9. The number of benzene rings is 2. The van der Waals surface area contributed by atoms with Crippen LogP contribution in [0, 0.1) is 0 Å². The Kier molecular flexibility index (Phi) is 4.83. The van der Waals surface area contributed by atoms with Gasteiger partial charge >= 0.3 is 0 Å². The van der Waals surface area contributed by atoms with Crippen LogP contribution >= 0.6 is 0 Å². The van der Waals surface area contributed by atoms with Crippen LogP contribution in [0.3, 0.4) is 0 Å². The average molecular weight is 401 g/mol. The van der Waals surface area contributed by atoms with Gasteiger partial charge < -0.3 is 5.32 Å². The van der Waals surface area contributed by atoms with E-state index in [1.807, 2.05) is 12.1 Å². The number of fused-ring (bicyclic) bond motifs is 1.